The fourth-order valence-corrected chi connectivity index (χ4v) is 2.34. The minimum Gasteiger partial charge on any atom is -0.497 e. The lowest BCUT2D eigenvalue weighted by Crippen LogP contribution is -2.17. The van der Waals surface area contributed by atoms with E-state index < -0.39 is 0 Å². The summed E-state index contributed by atoms with van der Waals surface area (Å²) in [5.41, 5.74) is 3.87. The first-order chi connectivity index (χ1) is 9.28. The highest BCUT2D eigenvalue weighted by atomic mass is 16.5. The van der Waals surface area contributed by atoms with Crippen LogP contribution in [0.25, 0.3) is 0 Å². The normalized spacial score (nSPS) is 12.2. The lowest BCUT2D eigenvalue weighted by Gasteiger charge is -2.18. The molecule has 0 aliphatic rings. The molecule has 2 nitrogen and oxygen atoms in total. The first-order valence-electron chi connectivity index (χ1n) is 6.68. The third-order valence-electron chi connectivity index (χ3n) is 3.41. The number of rotatable bonds is 5. The van der Waals surface area contributed by atoms with E-state index in [-0.39, 0.29) is 6.04 Å². The second-order valence-corrected chi connectivity index (χ2v) is 4.60. The van der Waals surface area contributed by atoms with Gasteiger partial charge in [-0.2, -0.15) is 0 Å². The van der Waals surface area contributed by atoms with Crippen molar-refractivity contribution in [3.63, 3.8) is 0 Å². The lowest BCUT2D eigenvalue weighted by atomic mass is 9.96. The molecule has 0 amide bonds. The predicted molar refractivity (Wildman–Crippen MR) is 79.7 cm³/mol. The van der Waals surface area contributed by atoms with Crippen molar-refractivity contribution in [2.75, 3.05) is 14.2 Å². The van der Waals surface area contributed by atoms with E-state index in [4.69, 9.17) is 4.74 Å². The lowest BCUT2D eigenvalue weighted by molar-refractivity contribution is 0.414. The number of ether oxygens (including phenoxy) is 1. The fourth-order valence-electron chi connectivity index (χ4n) is 2.34. The van der Waals surface area contributed by atoms with Crippen molar-refractivity contribution in [1.82, 2.24) is 5.32 Å². The topological polar surface area (TPSA) is 21.3 Å². The maximum atomic E-state index is 5.30. The van der Waals surface area contributed by atoms with Gasteiger partial charge in [-0.05, 0) is 42.3 Å². The van der Waals surface area contributed by atoms with E-state index in [1.807, 2.05) is 19.2 Å². The molecule has 0 bridgehead atoms. The van der Waals surface area contributed by atoms with E-state index in [9.17, 15) is 0 Å². The van der Waals surface area contributed by atoms with Crippen LogP contribution >= 0.6 is 0 Å². The van der Waals surface area contributed by atoms with Gasteiger partial charge in [-0.3, -0.25) is 0 Å². The van der Waals surface area contributed by atoms with Gasteiger partial charge in [-0.25, -0.2) is 0 Å². The second kappa shape index (κ2) is 6.39. The molecule has 2 heteroatoms. The summed E-state index contributed by atoms with van der Waals surface area (Å²) in [4.78, 5) is 0. The standard InChI is InChI=1S/C17H21NO/c1-4-13-7-5-8-14(11-13)17(18-2)15-9-6-10-16(12-15)19-3/h5-12,17-18H,4H2,1-3H3. The molecule has 19 heavy (non-hydrogen) atoms. The summed E-state index contributed by atoms with van der Waals surface area (Å²) in [5, 5.41) is 3.38. The van der Waals surface area contributed by atoms with Crippen LogP contribution in [0.3, 0.4) is 0 Å². The van der Waals surface area contributed by atoms with Crippen LogP contribution < -0.4 is 10.1 Å². The van der Waals surface area contributed by atoms with Crippen LogP contribution in [0.4, 0.5) is 0 Å². The molecule has 0 aromatic heterocycles. The smallest absolute Gasteiger partial charge is 0.119 e. The van der Waals surface area contributed by atoms with Crippen molar-refractivity contribution >= 4 is 0 Å². The summed E-state index contributed by atoms with van der Waals surface area (Å²) in [6.07, 6.45) is 1.06. The third kappa shape index (κ3) is 3.15. The number of hydrogen-bond donors (Lipinski definition) is 1. The van der Waals surface area contributed by atoms with Crippen LogP contribution in [-0.4, -0.2) is 14.2 Å². The molecule has 0 saturated carbocycles. The number of nitrogens with one attached hydrogen (secondary N) is 1. The highest BCUT2D eigenvalue weighted by Gasteiger charge is 2.12. The average molecular weight is 255 g/mol. The van der Waals surface area contributed by atoms with Crippen LogP contribution in [-0.2, 0) is 6.42 Å². The van der Waals surface area contributed by atoms with Crippen molar-refractivity contribution in [3.8, 4) is 5.75 Å². The molecule has 0 radical (unpaired) electrons. The molecular weight excluding hydrogens is 234 g/mol. The van der Waals surface area contributed by atoms with Gasteiger partial charge in [0.2, 0.25) is 0 Å². The highest BCUT2D eigenvalue weighted by Crippen LogP contribution is 2.25. The van der Waals surface area contributed by atoms with Crippen molar-refractivity contribution in [1.29, 1.82) is 0 Å². The van der Waals surface area contributed by atoms with Crippen molar-refractivity contribution in [2.24, 2.45) is 0 Å². The van der Waals surface area contributed by atoms with Crippen LogP contribution in [0.15, 0.2) is 48.5 Å². The molecule has 2 aromatic carbocycles. The Morgan fingerprint density at radius 1 is 1.05 bits per heavy atom. The van der Waals surface area contributed by atoms with Gasteiger partial charge < -0.3 is 10.1 Å². The van der Waals surface area contributed by atoms with Gasteiger partial charge in [0.15, 0.2) is 0 Å². The van der Waals surface area contributed by atoms with Gasteiger partial charge in [-0.15, -0.1) is 0 Å². The Bertz CT molecular complexity index is 489. The van der Waals surface area contributed by atoms with Crippen molar-refractivity contribution < 1.29 is 4.74 Å². The average Bonchev–Trinajstić information content (AvgIpc) is 2.48. The van der Waals surface area contributed by atoms with E-state index in [1.54, 1.807) is 7.11 Å². The first kappa shape index (κ1) is 13.6. The zero-order chi connectivity index (χ0) is 13.7. The molecule has 0 saturated heterocycles. The van der Waals surface area contributed by atoms with E-state index >= 15 is 0 Å². The predicted octanol–water partition coefficient (Wildman–Crippen LogP) is 3.57. The second-order valence-electron chi connectivity index (χ2n) is 4.60. The monoisotopic (exact) mass is 255 g/mol. The fraction of sp³-hybridized carbons (Fsp3) is 0.294. The minimum absolute atomic E-state index is 0.196. The molecule has 0 heterocycles. The molecule has 2 rings (SSSR count). The molecule has 1 atom stereocenters. The Balaban J connectivity index is 2.37. The summed E-state index contributed by atoms with van der Waals surface area (Å²) in [5.74, 6) is 0.893. The molecule has 0 spiro atoms. The maximum Gasteiger partial charge on any atom is 0.119 e. The number of aryl methyl sites for hydroxylation is 1. The number of benzene rings is 2. The molecule has 1 N–H and O–H groups in total. The van der Waals surface area contributed by atoms with Gasteiger partial charge in [0, 0.05) is 0 Å². The molecule has 1 unspecified atom stereocenters. The van der Waals surface area contributed by atoms with Gasteiger partial charge in [0.1, 0.15) is 5.75 Å². The highest BCUT2D eigenvalue weighted by molar-refractivity contribution is 5.38. The largest absolute Gasteiger partial charge is 0.497 e. The summed E-state index contributed by atoms with van der Waals surface area (Å²) in [6, 6.07) is 17.1. The van der Waals surface area contributed by atoms with Crippen molar-refractivity contribution in [3.05, 3.63) is 65.2 Å². The Hall–Kier alpha value is -1.80. The van der Waals surface area contributed by atoms with Gasteiger partial charge in [0.25, 0.3) is 0 Å². The van der Waals surface area contributed by atoms with E-state index in [2.05, 4.69) is 48.6 Å². The summed E-state index contributed by atoms with van der Waals surface area (Å²) in [7, 11) is 3.69. The Labute approximate surface area is 115 Å². The van der Waals surface area contributed by atoms with Gasteiger partial charge in [0.05, 0.1) is 13.2 Å². The Morgan fingerprint density at radius 2 is 1.74 bits per heavy atom. The quantitative estimate of drug-likeness (QED) is 0.882. The van der Waals surface area contributed by atoms with Gasteiger partial charge >= 0.3 is 0 Å². The summed E-state index contributed by atoms with van der Waals surface area (Å²) >= 11 is 0. The van der Waals surface area contributed by atoms with Crippen LogP contribution in [0.2, 0.25) is 0 Å². The Kier molecular flexibility index (Phi) is 4.58. The van der Waals surface area contributed by atoms with E-state index in [0.717, 1.165) is 12.2 Å². The first-order valence-corrected chi connectivity index (χ1v) is 6.68. The van der Waals surface area contributed by atoms with Crippen molar-refractivity contribution in [2.45, 2.75) is 19.4 Å². The zero-order valence-corrected chi connectivity index (χ0v) is 11.8. The molecule has 0 fully saturated rings. The van der Waals surface area contributed by atoms with Gasteiger partial charge in [-0.1, -0.05) is 43.3 Å². The summed E-state index contributed by atoms with van der Waals surface area (Å²) < 4.78 is 5.30. The SMILES string of the molecule is CCc1cccc(C(NC)c2cccc(OC)c2)c1. The molecular formula is C17H21NO. The molecule has 100 valence electrons. The Morgan fingerprint density at radius 3 is 2.37 bits per heavy atom. The number of methoxy groups -OCH3 is 1. The van der Waals surface area contributed by atoms with Crippen LogP contribution in [0, 0.1) is 0 Å². The summed E-state index contributed by atoms with van der Waals surface area (Å²) in [6.45, 7) is 2.18. The van der Waals surface area contributed by atoms with E-state index in [1.165, 1.54) is 16.7 Å². The maximum absolute atomic E-state index is 5.30. The van der Waals surface area contributed by atoms with E-state index in [0.29, 0.717) is 0 Å². The molecule has 2 aromatic rings. The molecule has 0 aliphatic heterocycles. The third-order valence-corrected chi connectivity index (χ3v) is 3.41. The zero-order valence-electron chi connectivity index (χ0n) is 11.8. The van der Waals surface area contributed by atoms with Crippen LogP contribution in [0.1, 0.15) is 29.7 Å². The molecule has 0 aliphatic carbocycles. The minimum atomic E-state index is 0.196. The van der Waals surface area contributed by atoms with Crippen LogP contribution in [0.5, 0.6) is 5.75 Å². The number of hydrogen-bond acceptors (Lipinski definition) is 2.